The van der Waals surface area contributed by atoms with Crippen LogP contribution in [0, 0.1) is 0 Å². The number of hydrogen-bond donors (Lipinski definition) is 1. The number of halogens is 1. The average molecular weight is 280 g/mol. The molecule has 0 fully saturated rings. The van der Waals surface area contributed by atoms with Crippen molar-refractivity contribution in [2.45, 2.75) is 17.2 Å². The summed E-state index contributed by atoms with van der Waals surface area (Å²) in [6.45, 7) is 0. The number of carbonyl (C=O) groups excluding carboxylic acids is 1. The summed E-state index contributed by atoms with van der Waals surface area (Å²) in [7, 11) is 0. The zero-order valence-electron chi connectivity index (χ0n) is 4.99. The Morgan fingerprint density at radius 1 is 1.89 bits per heavy atom. The molecule has 2 N–H and O–H groups in total. The summed E-state index contributed by atoms with van der Waals surface area (Å²) >= 11 is 2.88. The molecule has 0 bridgehead atoms. The van der Waals surface area contributed by atoms with E-state index in [9.17, 15) is 4.79 Å². The quantitative estimate of drug-likeness (QED) is 0.715. The minimum atomic E-state index is -0.250. The van der Waals surface area contributed by atoms with Gasteiger partial charge in [0.05, 0.1) is 0 Å². The predicted molar refractivity (Wildman–Crippen MR) is 42.4 cm³/mol. The molecule has 9 heavy (non-hydrogen) atoms. The summed E-state index contributed by atoms with van der Waals surface area (Å²) in [4.78, 5) is 10.4. The largest absolute Gasteiger partial charge is 0.147 e. The Morgan fingerprint density at radius 3 is 2.44 bits per heavy atom. The van der Waals surface area contributed by atoms with E-state index in [1.165, 1.54) is 0 Å². The molecule has 0 saturated carbocycles. The zero-order chi connectivity index (χ0) is 6.57. The van der Waals surface area contributed by atoms with Crippen molar-refractivity contribution >= 4 is 48.1 Å². The van der Waals surface area contributed by atoms with Crippen LogP contribution in [0.2, 0.25) is 11.1 Å². The first-order valence-corrected chi connectivity index (χ1v) is 5.92. The summed E-state index contributed by atoms with van der Waals surface area (Å²) in [5.74, 6) is 2.07. The molecule has 0 unspecified atom stereocenters. The number of nitrogens with two attached hydrogens (primary N) is 1. The Hall–Kier alpha value is 0.959. The average Bonchev–Trinajstić information content (AvgIpc) is 1.67. The molecule has 2 nitrogen and oxygen atoms in total. The normalized spacial score (nSPS) is 11.8. The Kier molecular flexibility index (Phi) is 9.91. The summed E-state index contributed by atoms with van der Waals surface area (Å²) in [6, 6.07) is -0.250. The van der Waals surface area contributed by atoms with E-state index in [2.05, 4.69) is 21.8 Å². The van der Waals surface area contributed by atoms with E-state index in [0.29, 0.717) is 15.0 Å². The van der Waals surface area contributed by atoms with Gasteiger partial charge in [0.1, 0.15) is 0 Å². The van der Waals surface area contributed by atoms with Crippen LogP contribution in [-0.2, 0) is 4.79 Å². The first kappa shape index (κ1) is 12.6. The fourth-order valence-electron chi connectivity index (χ4n) is 0.248. The predicted octanol–water partition coefficient (Wildman–Crippen LogP) is -0.399. The van der Waals surface area contributed by atoms with Crippen LogP contribution in [-0.4, -0.2) is 41.7 Å². The van der Waals surface area contributed by atoms with Gasteiger partial charge in [0.2, 0.25) is 0 Å². The van der Waals surface area contributed by atoms with Gasteiger partial charge in [-0.1, -0.05) is 0 Å². The number of rotatable bonds is 3. The van der Waals surface area contributed by atoms with Crippen LogP contribution in [0.1, 0.15) is 0 Å². The molecule has 0 aromatic rings. The summed E-state index contributed by atoms with van der Waals surface area (Å²) in [5, 5.41) is 0.846. The second kappa shape index (κ2) is 7.07. The third kappa shape index (κ3) is 6.85. The Labute approximate surface area is 75.7 Å². The van der Waals surface area contributed by atoms with Crippen molar-refractivity contribution in [3.63, 3.8) is 0 Å². The molecule has 0 heterocycles. The van der Waals surface area contributed by atoms with E-state index in [1.54, 1.807) is 0 Å². The first-order chi connectivity index (χ1) is 3.68. The third-order valence-electron chi connectivity index (χ3n) is 0.649. The van der Waals surface area contributed by atoms with Gasteiger partial charge in [-0.2, -0.15) is 0 Å². The molecule has 0 aliphatic heterocycles. The maximum Gasteiger partial charge on any atom is -0.147 e. The Morgan fingerprint density at radius 2 is 2.33 bits per heavy atom. The van der Waals surface area contributed by atoms with Crippen molar-refractivity contribution < 1.29 is 4.79 Å². The van der Waals surface area contributed by atoms with Gasteiger partial charge in [-0.25, -0.2) is 0 Å². The first-order valence-electron chi connectivity index (χ1n) is 2.14. The van der Waals surface area contributed by atoms with Crippen LogP contribution in [0.15, 0.2) is 0 Å². The molecule has 55 valence electrons. The van der Waals surface area contributed by atoms with Gasteiger partial charge in [0.25, 0.3) is 0 Å². The van der Waals surface area contributed by atoms with Crippen LogP contribution < -0.4 is 5.73 Å². The molecule has 1 radical (unpaired) electrons. The fourth-order valence-corrected chi connectivity index (χ4v) is 2.03. The topological polar surface area (TPSA) is 43.1 Å². The molecule has 1 atom stereocenters. The minimum absolute atomic E-state index is 0. The Balaban J connectivity index is 0. The van der Waals surface area contributed by atoms with E-state index >= 15 is 0 Å². The van der Waals surface area contributed by atoms with Crippen LogP contribution in [0.5, 0.6) is 0 Å². The van der Waals surface area contributed by atoms with E-state index < -0.39 is 0 Å². The maximum atomic E-state index is 10.4. The van der Waals surface area contributed by atoms with E-state index in [0.717, 1.165) is 5.32 Å². The van der Waals surface area contributed by atoms with Gasteiger partial charge < -0.3 is 0 Å². The molecule has 0 aromatic carbocycles. The summed E-state index contributed by atoms with van der Waals surface area (Å²) in [5.41, 5.74) is 5.36. The molecule has 5 heteroatoms. The summed E-state index contributed by atoms with van der Waals surface area (Å²) < 4.78 is -0.0197. The Bertz CT molecular complexity index is 90.6. The van der Waals surface area contributed by atoms with Crippen LogP contribution in [0.4, 0.5) is 0 Å². The molecule has 0 amide bonds. The van der Waals surface area contributed by atoms with Crippen molar-refractivity contribution in [1.29, 1.82) is 0 Å². The molecule has 0 rings (SSSR count). The van der Waals surface area contributed by atoms with Gasteiger partial charge in [-0.3, -0.25) is 0 Å². The maximum absolute atomic E-state index is 10.4. The van der Waals surface area contributed by atoms with E-state index in [-0.39, 0.29) is 23.1 Å². The molecule has 0 aliphatic rings. The minimum Gasteiger partial charge on any atom is -0.147 e. The van der Waals surface area contributed by atoms with Crippen LogP contribution >= 0.6 is 12.4 Å². The smallest absolute Gasteiger partial charge is 0.147 e. The number of carbonyl (C=O) groups is 1. The van der Waals surface area contributed by atoms with Crippen molar-refractivity contribution in [2.75, 3.05) is 0 Å². The standard InChI is InChI=1S/C4H8NOSe2.ClH/c1-8-2-3(5)4(6)7;/h3H,2,5H2,1H3;1H/t3-;/m0./s1. The SMILES string of the molecule is C[Se]C[C@H](N)C(=O)[Se].Cl. The third-order valence-corrected chi connectivity index (χ3v) is 2.74. The fraction of sp³-hybridized carbons (Fsp3) is 0.750. The van der Waals surface area contributed by atoms with Gasteiger partial charge in [-0.05, 0) is 0 Å². The van der Waals surface area contributed by atoms with Gasteiger partial charge in [-0.15, -0.1) is 12.4 Å². The van der Waals surface area contributed by atoms with Gasteiger partial charge in [0.15, 0.2) is 0 Å². The summed E-state index contributed by atoms with van der Waals surface area (Å²) in [6.07, 6.45) is 0. The van der Waals surface area contributed by atoms with Crippen molar-refractivity contribution in [3.8, 4) is 0 Å². The van der Waals surface area contributed by atoms with Crippen molar-refractivity contribution in [1.82, 2.24) is 0 Å². The second-order valence-electron chi connectivity index (χ2n) is 1.38. The molecular weight excluding hydrogens is 271 g/mol. The second-order valence-corrected chi connectivity index (χ2v) is 4.14. The van der Waals surface area contributed by atoms with Crippen molar-refractivity contribution in [3.05, 3.63) is 0 Å². The zero-order valence-corrected chi connectivity index (χ0v) is 9.24. The molecular formula is C4H9ClNOSe2. The van der Waals surface area contributed by atoms with Gasteiger partial charge in [0, 0.05) is 0 Å². The van der Waals surface area contributed by atoms with Crippen LogP contribution in [0.3, 0.4) is 0 Å². The molecule has 0 aromatic heterocycles. The monoisotopic (exact) mass is 282 g/mol. The van der Waals surface area contributed by atoms with E-state index in [4.69, 9.17) is 5.73 Å². The molecule has 0 saturated heterocycles. The van der Waals surface area contributed by atoms with Crippen molar-refractivity contribution in [2.24, 2.45) is 5.73 Å². The molecule has 0 aliphatic carbocycles. The van der Waals surface area contributed by atoms with Gasteiger partial charge >= 0.3 is 63.4 Å². The molecule has 0 spiro atoms. The number of hydrogen-bond acceptors (Lipinski definition) is 2. The van der Waals surface area contributed by atoms with Crippen LogP contribution in [0.25, 0.3) is 0 Å². The van der Waals surface area contributed by atoms with E-state index in [1.807, 2.05) is 0 Å².